The highest BCUT2D eigenvalue weighted by molar-refractivity contribution is 6.30. The van der Waals surface area contributed by atoms with E-state index in [-0.39, 0.29) is 18.0 Å². The molecule has 1 N–H and O–H groups in total. The molecule has 2 aliphatic rings. The molecule has 0 spiro atoms. The molecule has 1 aromatic rings. The Morgan fingerprint density at radius 1 is 1.27 bits per heavy atom. The fourth-order valence-corrected chi connectivity index (χ4v) is 4.00. The third kappa shape index (κ3) is 4.48. The fraction of sp³-hybridized carbons (Fsp3) is 0.579. The lowest BCUT2D eigenvalue weighted by Crippen LogP contribution is -2.39. The number of urea groups is 1. The molecule has 1 atom stereocenters. The zero-order valence-corrected chi connectivity index (χ0v) is 15.9. The van der Waals surface area contributed by atoms with Crippen molar-refractivity contribution in [2.24, 2.45) is 0 Å². The van der Waals surface area contributed by atoms with E-state index >= 15 is 0 Å². The number of amides is 3. The number of hydrogen-bond donors (Lipinski definition) is 1. The van der Waals surface area contributed by atoms with Gasteiger partial charge in [0.1, 0.15) is 0 Å². The van der Waals surface area contributed by atoms with Gasteiger partial charge >= 0.3 is 6.03 Å². The minimum absolute atomic E-state index is 0.113. The van der Waals surface area contributed by atoms with Gasteiger partial charge < -0.3 is 19.9 Å². The molecule has 7 heteroatoms. The first-order chi connectivity index (χ1) is 12.6. The van der Waals surface area contributed by atoms with Crippen LogP contribution in [0.25, 0.3) is 0 Å². The fourth-order valence-electron chi connectivity index (χ4n) is 3.80. The first-order valence-electron chi connectivity index (χ1n) is 9.21. The van der Waals surface area contributed by atoms with Gasteiger partial charge in [-0.15, -0.1) is 0 Å². The van der Waals surface area contributed by atoms with Crippen molar-refractivity contribution >= 4 is 29.2 Å². The van der Waals surface area contributed by atoms with Crippen molar-refractivity contribution < 1.29 is 14.3 Å². The Hall–Kier alpha value is -1.79. The maximum atomic E-state index is 12.7. The van der Waals surface area contributed by atoms with E-state index in [9.17, 15) is 9.59 Å². The van der Waals surface area contributed by atoms with Gasteiger partial charge in [0.05, 0.1) is 6.61 Å². The minimum Gasteiger partial charge on any atom is -0.380 e. The van der Waals surface area contributed by atoms with Gasteiger partial charge in [0.15, 0.2) is 0 Å². The Labute approximate surface area is 159 Å². The summed E-state index contributed by atoms with van der Waals surface area (Å²) in [6, 6.07) is 5.52. The topological polar surface area (TPSA) is 61.9 Å². The highest BCUT2D eigenvalue weighted by Gasteiger charge is 2.30. The molecule has 0 aromatic heterocycles. The Bertz CT molecular complexity index is 667. The number of benzene rings is 1. The molecule has 2 aliphatic heterocycles. The van der Waals surface area contributed by atoms with Crippen LogP contribution in [0.2, 0.25) is 5.02 Å². The Kier molecular flexibility index (Phi) is 6.38. The lowest BCUT2D eigenvalue weighted by molar-refractivity contribution is -0.129. The van der Waals surface area contributed by atoms with Crippen LogP contribution in [0.3, 0.4) is 0 Å². The van der Waals surface area contributed by atoms with Crippen molar-refractivity contribution in [3.05, 3.63) is 28.8 Å². The normalized spacial score (nSPS) is 21.0. The number of methoxy groups -OCH3 is 1. The van der Waals surface area contributed by atoms with Gasteiger partial charge in [-0.2, -0.15) is 0 Å². The van der Waals surface area contributed by atoms with Crippen molar-refractivity contribution in [2.45, 2.75) is 44.8 Å². The first kappa shape index (κ1) is 19.0. The van der Waals surface area contributed by atoms with E-state index < -0.39 is 0 Å². The summed E-state index contributed by atoms with van der Waals surface area (Å²) < 4.78 is 5.19. The van der Waals surface area contributed by atoms with E-state index in [4.69, 9.17) is 16.3 Å². The van der Waals surface area contributed by atoms with Gasteiger partial charge in [0.25, 0.3) is 0 Å². The first-order valence-corrected chi connectivity index (χ1v) is 9.59. The van der Waals surface area contributed by atoms with Gasteiger partial charge in [-0.1, -0.05) is 11.6 Å². The zero-order valence-electron chi connectivity index (χ0n) is 15.2. The lowest BCUT2D eigenvalue weighted by Gasteiger charge is -2.27. The minimum atomic E-state index is -0.113. The maximum Gasteiger partial charge on any atom is 0.321 e. The summed E-state index contributed by atoms with van der Waals surface area (Å²) in [5.41, 5.74) is 1.57. The molecule has 0 bridgehead atoms. The third-order valence-electron chi connectivity index (χ3n) is 5.14. The number of anilines is 1. The lowest BCUT2D eigenvalue weighted by atomic mass is 10.1. The third-order valence-corrected chi connectivity index (χ3v) is 5.38. The van der Waals surface area contributed by atoms with E-state index in [1.807, 2.05) is 9.80 Å². The molecular weight excluding hydrogens is 354 g/mol. The molecule has 3 rings (SSSR count). The Morgan fingerprint density at radius 3 is 2.85 bits per heavy atom. The molecule has 1 aromatic carbocycles. The average Bonchev–Trinajstić information content (AvgIpc) is 2.90. The number of likely N-dealkylation sites (tertiary alicyclic amines) is 2. The smallest absolute Gasteiger partial charge is 0.321 e. The summed E-state index contributed by atoms with van der Waals surface area (Å²) in [5, 5.41) is 3.59. The van der Waals surface area contributed by atoms with Crippen LogP contribution in [-0.2, 0) is 16.1 Å². The molecule has 2 saturated heterocycles. The number of nitrogens with one attached hydrogen (secondary N) is 1. The van der Waals surface area contributed by atoms with Crippen LogP contribution in [0.5, 0.6) is 0 Å². The van der Waals surface area contributed by atoms with Crippen LogP contribution in [-0.4, -0.2) is 54.5 Å². The summed E-state index contributed by atoms with van der Waals surface area (Å²) in [6.07, 6.45) is 4.33. The van der Waals surface area contributed by atoms with E-state index in [1.165, 1.54) is 0 Å². The number of hydrogen-bond acceptors (Lipinski definition) is 3. The van der Waals surface area contributed by atoms with Crippen LogP contribution in [0.4, 0.5) is 10.5 Å². The zero-order chi connectivity index (χ0) is 18.5. The predicted molar refractivity (Wildman–Crippen MR) is 101 cm³/mol. The van der Waals surface area contributed by atoms with Crippen molar-refractivity contribution in [2.75, 3.05) is 32.1 Å². The van der Waals surface area contributed by atoms with Crippen molar-refractivity contribution in [1.82, 2.24) is 9.80 Å². The molecule has 2 fully saturated rings. The Balaban J connectivity index is 1.61. The second kappa shape index (κ2) is 8.73. The van der Waals surface area contributed by atoms with Gasteiger partial charge in [-0.05, 0) is 43.9 Å². The highest BCUT2D eigenvalue weighted by atomic mass is 35.5. The van der Waals surface area contributed by atoms with Crippen LogP contribution in [0, 0.1) is 0 Å². The van der Waals surface area contributed by atoms with E-state index in [0.717, 1.165) is 43.5 Å². The van der Waals surface area contributed by atoms with Crippen LogP contribution in [0.1, 0.15) is 37.7 Å². The monoisotopic (exact) mass is 379 g/mol. The number of carbonyl (C=O) groups excluding carboxylic acids is 2. The largest absolute Gasteiger partial charge is 0.380 e. The average molecular weight is 380 g/mol. The van der Waals surface area contributed by atoms with Crippen LogP contribution in [0.15, 0.2) is 18.2 Å². The SMILES string of the molecule is COCc1cc(Cl)ccc1NC(=O)N1CCC[C@@H](N2CCCC2=O)CC1. The second-order valence-electron chi connectivity index (χ2n) is 6.93. The predicted octanol–water partition coefficient (Wildman–Crippen LogP) is 3.50. The van der Waals surface area contributed by atoms with Crippen molar-refractivity contribution in [3.8, 4) is 0 Å². The summed E-state index contributed by atoms with van der Waals surface area (Å²) in [6.45, 7) is 2.61. The molecule has 6 nitrogen and oxygen atoms in total. The van der Waals surface area contributed by atoms with Gasteiger partial charge in [0, 0.05) is 55.5 Å². The standard InChI is InChI=1S/C19H26ClN3O3/c1-26-13-14-12-15(20)6-7-17(14)21-19(25)22-9-2-4-16(8-11-22)23-10-3-5-18(23)24/h6-7,12,16H,2-5,8-11,13H2,1H3,(H,21,25)/t16-/m1/s1. The molecule has 0 aliphatic carbocycles. The van der Waals surface area contributed by atoms with Gasteiger partial charge in [-0.3, -0.25) is 4.79 Å². The number of halogens is 1. The summed E-state index contributed by atoms with van der Waals surface area (Å²) in [4.78, 5) is 28.5. The van der Waals surface area contributed by atoms with Crippen LogP contribution < -0.4 is 5.32 Å². The Morgan fingerprint density at radius 2 is 2.12 bits per heavy atom. The molecule has 0 radical (unpaired) electrons. The molecule has 0 unspecified atom stereocenters. The molecule has 0 saturated carbocycles. The van der Waals surface area contributed by atoms with Gasteiger partial charge in [0.2, 0.25) is 5.91 Å². The molecule has 142 valence electrons. The number of ether oxygens (including phenoxy) is 1. The second-order valence-corrected chi connectivity index (χ2v) is 7.36. The molecule has 3 amide bonds. The van der Waals surface area contributed by atoms with Gasteiger partial charge in [-0.25, -0.2) is 4.79 Å². The number of carbonyl (C=O) groups is 2. The number of nitrogens with zero attached hydrogens (tertiary/aromatic N) is 2. The maximum absolute atomic E-state index is 12.7. The van der Waals surface area contributed by atoms with E-state index in [2.05, 4.69) is 5.32 Å². The summed E-state index contributed by atoms with van der Waals surface area (Å²) in [7, 11) is 1.61. The molecule has 26 heavy (non-hydrogen) atoms. The molecular formula is C19H26ClN3O3. The van der Waals surface area contributed by atoms with Crippen molar-refractivity contribution in [1.29, 1.82) is 0 Å². The van der Waals surface area contributed by atoms with Crippen LogP contribution >= 0.6 is 11.6 Å². The summed E-state index contributed by atoms with van der Waals surface area (Å²) >= 11 is 6.04. The highest BCUT2D eigenvalue weighted by Crippen LogP contribution is 2.24. The number of rotatable bonds is 4. The van der Waals surface area contributed by atoms with Crippen molar-refractivity contribution in [3.63, 3.8) is 0 Å². The molecule has 2 heterocycles. The van der Waals surface area contributed by atoms with E-state index in [1.54, 1.807) is 25.3 Å². The van der Waals surface area contributed by atoms with E-state index in [0.29, 0.717) is 31.1 Å². The quantitative estimate of drug-likeness (QED) is 0.870. The summed E-state index contributed by atoms with van der Waals surface area (Å²) in [5.74, 6) is 0.262.